The summed E-state index contributed by atoms with van der Waals surface area (Å²) in [7, 11) is 0. The lowest BCUT2D eigenvalue weighted by atomic mass is 10.1. The van der Waals surface area contributed by atoms with Crippen molar-refractivity contribution >= 4 is 39.1 Å². The minimum absolute atomic E-state index is 0.0504. The van der Waals surface area contributed by atoms with Crippen LogP contribution in [0.1, 0.15) is 29.4 Å². The quantitative estimate of drug-likeness (QED) is 0.878. The van der Waals surface area contributed by atoms with Crippen LogP contribution in [0.15, 0.2) is 15.9 Å². The maximum atomic E-state index is 11.8. The van der Waals surface area contributed by atoms with Crippen LogP contribution in [-0.4, -0.2) is 23.0 Å². The second kappa shape index (κ2) is 6.00. The molecule has 1 aromatic rings. The molecule has 1 amide bonds. The van der Waals surface area contributed by atoms with Crippen molar-refractivity contribution in [3.8, 4) is 0 Å². The lowest BCUT2D eigenvalue weighted by Gasteiger charge is -2.14. The molecule has 0 saturated carbocycles. The number of hydrogen-bond acceptors (Lipinski definition) is 3. The van der Waals surface area contributed by atoms with Gasteiger partial charge in [-0.2, -0.15) is 0 Å². The summed E-state index contributed by atoms with van der Waals surface area (Å²) in [6.07, 6.45) is 0.548. The van der Waals surface area contributed by atoms with Crippen LogP contribution < -0.4 is 5.32 Å². The van der Waals surface area contributed by atoms with Gasteiger partial charge in [-0.15, -0.1) is 11.3 Å². The zero-order valence-electron chi connectivity index (χ0n) is 8.70. The van der Waals surface area contributed by atoms with E-state index in [9.17, 15) is 9.59 Å². The van der Waals surface area contributed by atoms with Crippen LogP contribution in [0.25, 0.3) is 0 Å². The van der Waals surface area contributed by atoms with Gasteiger partial charge in [0.1, 0.15) is 4.88 Å². The molecule has 0 aliphatic heterocycles. The lowest BCUT2D eigenvalue weighted by Crippen LogP contribution is -2.35. The highest BCUT2D eigenvalue weighted by atomic mass is 79.9. The van der Waals surface area contributed by atoms with Gasteiger partial charge in [0, 0.05) is 10.5 Å². The second-order valence-corrected chi connectivity index (χ2v) is 5.04. The van der Waals surface area contributed by atoms with E-state index >= 15 is 0 Å². The summed E-state index contributed by atoms with van der Waals surface area (Å²) >= 11 is 4.59. The van der Waals surface area contributed by atoms with Crippen molar-refractivity contribution in [2.24, 2.45) is 0 Å². The van der Waals surface area contributed by atoms with Gasteiger partial charge in [0.25, 0.3) is 5.91 Å². The van der Waals surface area contributed by atoms with Crippen LogP contribution in [0, 0.1) is 0 Å². The number of aliphatic carboxylic acids is 1. The van der Waals surface area contributed by atoms with Gasteiger partial charge in [0.05, 0.1) is 6.42 Å². The second-order valence-electron chi connectivity index (χ2n) is 3.27. The molecule has 0 spiro atoms. The summed E-state index contributed by atoms with van der Waals surface area (Å²) in [6, 6.07) is 1.47. The van der Waals surface area contributed by atoms with Crippen molar-refractivity contribution < 1.29 is 14.7 Å². The SMILES string of the molecule is CCC(CC(=O)O)NC(=O)c1sccc1Br. The number of carboxylic acid groups (broad SMARTS) is 1. The lowest BCUT2D eigenvalue weighted by molar-refractivity contribution is -0.137. The molecule has 1 heterocycles. The third-order valence-electron chi connectivity index (χ3n) is 2.07. The Hall–Kier alpha value is -0.880. The summed E-state index contributed by atoms with van der Waals surface area (Å²) < 4.78 is 0.736. The number of carboxylic acids is 1. The predicted octanol–water partition coefficient (Wildman–Crippen LogP) is 2.49. The van der Waals surface area contributed by atoms with Gasteiger partial charge in [0.15, 0.2) is 0 Å². The van der Waals surface area contributed by atoms with Crippen molar-refractivity contribution in [1.29, 1.82) is 0 Å². The van der Waals surface area contributed by atoms with Crippen molar-refractivity contribution in [3.63, 3.8) is 0 Å². The first kappa shape index (κ1) is 13.2. The summed E-state index contributed by atoms with van der Waals surface area (Å²) in [5.41, 5.74) is 0. The molecule has 0 aliphatic carbocycles. The summed E-state index contributed by atoms with van der Waals surface area (Å²) in [5.74, 6) is -1.13. The van der Waals surface area contributed by atoms with Gasteiger partial charge in [0.2, 0.25) is 0 Å². The number of halogens is 1. The highest BCUT2D eigenvalue weighted by molar-refractivity contribution is 9.10. The van der Waals surface area contributed by atoms with Gasteiger partial charge in [-0.1, -0.05) is 6.92 Å². The third-order valence-corrected chi connectivity index (χ3v) is 3.91. The monoisotopic (exact) mass is 305 g/mol. The minimum Gasteiger partial charge on any atom is -0.481 e. The molecule has 4 nitrogen and oxygen atoms in total. The number of carbonyl (C=O) groups excluding carboxylic acids is 1. The van der Waals surface area contributed by atoms with E-state index in [0.717, 1.165) is 4.47 Å². The highest BCUT2D eigenvalue weighted by Gasteiger charge is 2.17. The van der Waals surface area contributed by atoms with Crippen LogP contribution in [0.5, 0.6) is 0 Å². The summed E-state index contributed by atoms with van der Waals surface area (Å²) in [4.78, 5) is 22.9. The molecular formula is C10H12BrNO3S. The molecule has 0 saturated heterocycles. The van der Waals surface area contributed by atoms with Crippen LogP contribution in [0.2, 0.25) is 0 Å². The standard InChI is InChI=1S/C10H12BrNO3S/c1-2-6(5-8(13)14)12-10(15)9-7(11)3-4-16-9/h3-4,6H,2,5H2,1H3,(H,12,15)(H,13,14). The number of amides is 1. The van der Waals surface area contributed by atoms with Crippen LogP contribution >= 0.6 is 27.3 Å². The van der Waals surface area contributed by atoms with Crippen molar-refractivity contribution in [2.45, 2.75) is 25.8 Å². The normalized spacial score (nSPS) is 12.1. The summed E-state index contributed by atoms with van der Waals surface area (Å²) in [5, 5.41) is 13.2. The first-order chi connectivity index (χ1) is 7.54. The van der Waals surface area contributed by atoms with Crippen LogP contribution in [0.4, 0.5) is 0 Å². The number of carbonyl (C=O) groups is 2. The van der Waals surface area contributed by atoms with E-state index in [4.69, 9.17) is 5.11 Å². The van der Waals surface area contributed by atoms with E-state index in [-0.39, 0.29) is 18.4 Å². The molecule has 1 atom stereocenters. The van der Waals surface area contributed by atoms with Crippen LogP contribution in [-0.2, 0) is 4.79 Å². The molecule has 6 heteroatoms. The maximum absolute atomic E-state index is 11.8. The van der Waals surface area contributed by atoms with Gasteiger partial charge in [-0.05, 0) is 33.8 Å². The molecule has 16 heavy (non-hydrogen) atoms. The topological polar surface area (TPSA) is 66.4 Å². The summed E-state index contributed by atoms with van der Waals surface area (Å²) in [6.45, 7) is 1.84. The largest absolute Gasteiger partial charge is 0.481 e. The Labute approximate surface area is 106 Å². The fourth-order valence-electron chi connectivity index (χ4n) is 1.21. The first-order valence-electron chi connectivity index (χ1n) is 4.80. The Balaban J connectivity index is 2.62. The molecule has 0 aromatic carbocycles. The smallest absolute Gasteiger partial charge is 0.305 e. The molecule has 0 bridgehead atoms. The van der Waals surface area contributed by atoms with E-state index < -0.39 is 5.97 Å². The average Bonchev–Trinajstić information content (AvgIpc) is 2.62. The van der Waals surface area contributed by atoms with E-state index in [1.54, 1.807) is 11.4 Å². The van der Waals surface area contributed by atoms with E-state index in [2.05, 4.69) is 21.2 Å². The van der Waals surface area contributed by atoms with E-state index in [0.29, 0.717) is 11.3 Å². The Bertz CT molecular complexity index is 391. The van der Waals surface area contributed by atoms with Crippen LogP contribution in [0.3, 0.4) is 0 Å². The van der Waals surface area contributed by atoms with Gasteiger partial charge in [-0.25, -0.2) is 0 Å². The zero-order valence-corrected chi connectivity index (χ0v) is 11.1. The Kier molecular flexibility index (Phi) is 4.95. The Morgan fingerprint density at radius 1 is 1.62 bits per heavy atom. The van der Waals surface area contributed by atoms with E-state index in [1.807, 2.05) is 6.92 Å². The number of rotatable bonds is 5. The molecule has 1 unspecified atom stereocenters. The predicted molar refractivity (Wildman–Crippen MR) is 65.8 cm³/mol. The fourth-order valence-corrected chi connectivity index (χ4v) is 2.67. The Morgan fingerprint density at radius 2 is 2.31 bits per heavy atom. The van der Waals surface area contributed by atoms with Gasteiger partial charge in [-0.3, -0.25) is 9.59 Å². The number of nitrogens with one attached hydrogen (secondary N) is 1. The average molecular weight is 306 g/mol. The van der Waals surface area contributed by atoms with Crippen molar-refractivity contribution in [3.05, 3.63) is 20.8 Å². The molecule has 0 aliphatic rings. The molecule has 1 rings (SSSR count). The third kappa shape index (κ3) is 3.61. The zero-order chi connectivity index (χ0) is 12.1. The van der Waals surface area contributed by atoms with Crippen molar-refractivity contribution in [1.82, 2.24) is 5.32 Å². The molecule has 1 aromatic heterocycles. The molecule has 88 valence electrons. The van der Waals surface area contributed by atoms with Gasteiger partial charge >= 0.3 is 5.97 Å². The minimum atomic E-state index is -0.905. The molecular weight excluding hydrogens is 294 g/mol. The number of hydrogen-bond donors (Lipinski definition) is 2. The first-order valence-corrected chi connectivity index (χ1v) is 6.47. The number of thiophene rings is 1. The fraction of sp³-hybridized carbons (Fsp3) is 0.400. The highest BCUT2D eigenvalue weighted by Crippen LogP contribution is 2.22. The maximum Gasteiger partial charge on any atom is 0.305 e. The molecule has 2 N–H and O–H groups in total. The van der Waals surface area contributed by atoms with Gasteiger partial charge < -0.3 is 10.4 Å². The van der Waals surface area contributed by atoms with Crippen molar-refractivity contribution in [2.75, 3.05) is 0 Å². The van der Waals surface area contributed by atoms with E-state index in [1.165, 1.54) is 11.3 Å². The molecule has 0 radical (unpaired) electrons. The molecule has 0 fully saturated rings. The Morgan fingerprint density at radius 3 is 2.75 bits per heavy atom.